The highest BCUT2D eigenvalue weighted by molar-refractivity contribution is 7.90. The second-order valence-electron chi connectivity index (χ2n) is 15.6. The van der Waals surface area contributed by atoms with E-state index >= 15 is 0 Å². The molecule has 0 aliphatic heterocycles. The summed E-state index contributed by atoms with van der Waals surface area (Å²) in [6.45, 7) is 11.2. The number of ether oxygens (including phenoxy) is 2. The number of unbranched alkanes of at least 4 members (excludes halogenated alkanes) is 22. The van der Waals surface area contributed by atoms with E-state index < -0.39 is 10.0 Å². The largest absolute Gasteiger partial charge is 0.379 e. The van der Waals surface area contributed by atoms with Gasteiger partial charge in [0.2, 0.25) is 5.96 Å². The lowest BCUT2D eigenvalue weighted by atomic mass is 10.1. The predicted octanol–water partition coefficient (Wildman–Crippen LogP) is 11.2. The minimum absolute atomic E-state index is 0.0184. The van der Waals surface area contributed by atoms with Gasteiger partial charge in [-0.15, -0.1) is 4.40 Å². The van der Waals surface area contributed by atoms with Crippen LogP contribution in [0.4, 0.5) is 0 Å². The first-order valence-electron chi connectivity index (χ1n) is 22.1. The van der Waals surface area contributed by atoms with Crippen LogP contribution in [0.3, 0.4) is 0 Å². The van der Waals surface area contributed by atoms with Gasteiger partial charge in [0.25, 0.3) is 10.0 Å². The zero-order valence-electron chi connectivity index (χ0n) is 35.0. The maximum atomic E-state index is 13.2. The summed E-state index contributed by atoms with van der Waals surface area (Å²) in [5, 5.41) is 0. The van der Waals surface area contributed by atoms with Crippen LogP contribution >= 0.6 is 0 Å². The molecule has 2 atom stereocenters. The summed E-state index contributed by atoms with van der Waals surface area (Å²) in [7, 11) is -3.96. The van der Waals surface area contributed by atoms with Gasteiger partial charge in [0.05, 0.1) is 17.6 Å². The lowest BCUT2D eigenvalue weighted by Gasteiger charge is -2.29. The molecular weight excluding hydrogens is 681 g/mol. The molecule has 9 heteroatoms. The maximum absolute atomic E-state index is 13.2. The first kappa shape index (κ1) is 49.3. The SMILES string of the molecule is CCCCCCCCCCCCCCOCC(CN(CCC[C@H](C)N)C(N)=NS(=O)(=O)c1ccc(C)cc1)OCCCCCCCCCCCCCC. The van der Waals surface area contributed by atoms with Crippen LogP contribution in [-0.2, 0) is 19.5 Å². The van der Waals surface area contributed by atoms with Crippen molar-refractivity contribution in [2.45, 2.75) is 212 Å². The van der Waals surface area contributed by atoms with Crippen molar-refractivity contribution in [1.82, 2.24) is 4.90 Å². The fraction of sp³-hybridized carbons (Fsp3) is 0.841. The third-order valence-corrected chi connectivity index (χ3v) is 11.5. The van der Waals surface area contributed by atoms with Gasteiger partial charge < -0.3 is 25.8 Å². The van der Waals surface area contributed by atoms with Crippen LogP contribution in [0.5, 0.6) is 0 Å². The molecule has 0 amide bonds. The number of hydrogen-bond donors (Lipinski definition) is 2. The number of nitrogens with two attached hydrogens (primary N) is 2. The second kappa shape index (κ2) is 33.6. The zero-order valence-corrected chi connectivity index (χ0v) is 35.8. The zero-order chi connectivity index (χ0) is 38.8. The highest BCUT2D eigenvalue weighted by Crippen LogP contribution is 2.16. The molecule has 53 heavy (non-hydrogen) atoms. The molecular formula is C44H84N4O4S. The van der Waals surface area contributed by atoms with Crippen molar-refractivity contribution < 1.29 is 17.9 Å². The molecule has 1 aromatic carbocycles. The Bertz CT molecular complexity index is 1100. The summed E-state index contributed by atoms with van der Waals surface area (Å²) in [5.41, 5.74) is 13.5. The molecule has 1 rings (SSSR count). The van der Waals surface area contributed by atoms with E-state index in [0.717, 1.165) is 37.7 Å². The second-order valence-corrected chi connectivity index (χ2v) is 17.3. The highest BCUT2D eigenvalue weighted by Gasteiger charge is 2.21. The van der Waals surface area contributed by atoms with Crippen LogP contribution in [0.2, 0.25) is 0 Å². The van der Waals surface area contributed by atoms with Crippen molar-refractivity contribution >= 4 is 16.0 Å². The number of benzene rings is 1. The van der Waals surface area contributed by atoms with Gasteiger partial charge in [-0.1, -0.05) is 173 Å². The Morgan fingerprint density at radius 2 is 1.11 bits per heavy atom. The summed E-state index contributed by atoms with van der Waals surface area (Å²) in [4.78, 5) is 1.97. The van der Waals surface area contributed by atoms with Crippen LogP contribution in [0.15, 0.2) is 33.6 Å². The van der Waals surface area contributed by atoms with Crippen molar-refractivity contribution in [3.8, 4) is 0 Å². The fourth-order valence-electron chi connectivity index (χ4n) is 6.70. The Labute approximate surface area is 328 Å². The van der Waals surface area contributed by atoms with E-state index in [1.165, 1.54) is 135 Å². The molecule has 0 saturated carbocycles. The van der Waals surface area contributed by atoms with E-state index in [9.17, 15) is 8.42 Å². The summed E-state index contributed by atoms with van der Waals surface area (Å²) >= 11 is 0. The van der Waals surface area contributed by atoms with Gasteiger partial charge in [-0.05, 0) is 51.7 Å². The summed E-state index contributed by atoms with van der Waals surface area (Å²) < 4.78 is 43.1. The van der Waals surface area contributed by atoms with E-state index in [2.05, 4.69) is 18.2 Å². The monoisotopic (exact) mass is 765 g/mol. The number of hydrogen-bond acceptors (Lipinski definition) is 5. The van der Waals surface area contributed by atoms with E-state index in [1.807, 2.05) is 18.7 Å². The lowest BCUT2D eigenvalue weighted by Crippen LogP contribution is -2.45. The number of aryl methyl sites for hydroxylation is 1. The molecule has 0 heterocycles. The summed E-state index contributed by atoms with van der Waals surface area (Å²) in [6, 6.07) is 6.74. The fourth-order valence-corrected chi connectivity index (χ4v) is 7.65. The van der Waals surface area contributed by atoms with Crippen LogP contribution in [-0.4, -0.2) is 64.3 Å². The minimum atomic E-state index is -3.96. The molecule has 0 fully saturated rings. The molecule has 310 valence electrons. The molecule has 0 saturated heterocycles. The third kappa shape index (κ3) is 28.4. The van der Waals surface area contributed by atoms with E-state index in [1.54, 1.807) is 24.3 Å². The van der Waals surface area contributed by atoms with Crippen molar-refractivity contribution in [2.24, 2.45) is 15.9 Å². The molecule has 0 aromatic heterocycles. The Balaban J connectivity index is 2.67. The Morgan fingerprint density at radius 3 is 1.57 bits per heavy atom. The van der Waals surface area contributed by atoms with E-state index in [-0.39, 0.29) is 23.0 Å². The normalized spacial score (nSPS) is 13.4. The van der Waals surface area contributed by atoms with Gasteiger partial charge in [0.1, 0.15) is 0 Å². The summed E-state index contributed by atoms with van der Waals surface area (Å²) in [5.74, 6) is -0.0184. The summed E-state index contributed by atoms with van der Waals surface area (Å²) in [6.07, 6.45) is 32.6. The highest BCUT2D eigenvalue weighted by atomic mass is 32.2. The first-order chi connectivity index (χ1) is 25.7. The number of nitrogens with zero attached hydrogens (tertiary/aromatic N) is 2. The van der Waals surface area contributed by atoms with Crippen LogP contribution < -0.4 is 11.5 Å². The molecule has 0 spiro atoms. The van der Waals surface area contributed by atoms with Gasteiger partial charge in [0.15, 0.2) is 0 Å². The molecule has 0 aliphatic carbocycles. The third-order valence-electron chi connectivity index (χ3n) is 10.2. The van der Waals surface area contributed by atoms with Crippen molar-refractivity contribution in [3.63, 3.8) is 0 Å². The van der Waals surface area contributed by atoms with Crippen molar-refractivity contribution in [3.05, 3.63) is 29.8 Å². The van der Waals surface area contributed by atoms with E-state index in [4.69, 9.17) is 20.9 Å². The van der Waals surface area contributed by atoms with Gasteiger partial charge in [-0.2, -0.15) is 8.42 Å². The molecule has 1 unspecified atom stereocenters. The van der Waals surface area contributed by atoms with Gasteiger partial charge >= 0.3 is 0 Å². The van der Waals surface area contributed by atoms with Crippen LogP contribution in [0, 0.1) is 6.92 Å². The first-order valence-corrected chi connectivity index (χ1v) is 23.5. The molecule has 0 aliphatic rings. The molecule has 0 radical (unpaired) electrons. The predicted molar refractivity (Wildman–Crippen MR) is 227 cm³/mol. The van der Waals surface area contributed by atoms with Crippen molar-refractivity contribution in [1.29, 1.82) is 0 Å². The average Bonchev–Trinajstić information content (AvgIpc) is 3.12. The standard InChI is InChI=1S/C44H84N4O4S/c1-5-7-9-11-13-15-17-19-21-23-25-27-36-51-39-42(52-37-28-26-24-22-20-18-16-14-12-10-8-6-2)38-48(35-29-30-41(4)45)44(46)47-53(49,50)43-33-31-40(3)32-34-43/h31-34,41-42H,5-30,35-39,45H2,1-4H3,(H2,46,47)/t41-,42?/m0/s1. The smallest absolute Gasteiger partial charge is 0.285 e. The number of sulfonamides is 1. The number of guanidine groups is 1. The van der Waals surface area contributed by atoms with Crippen molar-refractivity contribution in [2.75, 3.05) is 32.9 Å². The molecule has 4 N–H and O–H groups in total. The lowest BCUT2D eigenvalue weighted by molar-refractivity contribution is -0.0271. The Morgan fingerprint density at radius 1 is 0.679 bits per heavy atom. The average molecular weight is 765 g/mol. The van der Waals surface area contributed by atoms with Crippen LogP contribution in [0.25, 0.3) is 0 Å². The molecule has 0 bridgehead atoms. The van der Waals surface area contributed by atoms with Gasteiger partial charge in [0, 0.05) is 32.3 Å². The minimum Gasteiger partial charge on any atom is -0.379 e. The van der Waals surface area contributed by atoms with Gasteiger partial charge in [-0.25, -0.2) is 0 Å². The number of rotatable bonds is 37. The molecule has 8 nitrogen and oxygen atoms in total. The Kier molecular flexibility index (Phi) is 31.3. The molecule has 1 aromatic rings. The van der Waals surface area contributed by atoms with E-state index in [0.29, 0.717) is 32.9 Å². The Hall–Kier alpha value is -1.68. The topological polar surface area (TPSA) is 120 Å². The van der Waals surface area contributed by atoms with Gasteiger partial charge in [-0.3, -0.25) is 0 Å². The maximum Gasteiger partial charge on any atom is 0.285 e. The quantitative estimate of drug-likeness (QED) is 0.0393. The van der Waals surface area contributed by atoms with Crippen LogP contribution in [0.1, 0.15) is 193 Å².